The summed E-state index contributed by atoms with van der Waals surface area (Å²) in [5.41, 5.74) is 0.566. The van der Waals surface area contributed by atoms with Gasteiger partial charge in [-0.3, -0.25) is 9.59 Å². The largest absolute Gasteiger partial charge is 1.00 e. The van der Waals surface area contributed by atoms with Gasteiger partial charge >= 0.3 is 65.2 Å². The van der Waals surface area contributed by atoms with Crippen molar-refractivity contribution in [3.8, 4) is 5.75 Å². The molecule has 0 saturated carbocycles. The molecule has 14 heteroatoms. The van der Waals surface area contributed by atoms with E-state index in [1.54, 1.807) is 52.0 Å². The Morgan fingerprint density at radius 1 is 0.729 bits per heavy atom. The maximum absolute atomic E-state index is 13.7. The van der Waals surface area contributed by atoms with Gasteiger partial charge in [-0.05, 0) is 56.5 Å². The molecule has 0 spiro atoms. The summed E-state index contributed by atoms with van der Waals surface area (Å²) >= 11 is 0. The third-order valence-electron chi connectivity index (χ3n) is 6.63. The van der Waals surface area contributed by atoms with E-state index in [2.05, 4.69) is 16.0 Å². The molecule has 3 rings (SSSR count). The SMILES string of the molecule is CC(NC(=O)C(Cc1ccc(OCC(=O)[O-])c(C(=O)[O-])c1)NC(=O)C(Cc1ccccc1)NC(=O)OC(C)(C)C)c1ccccc1.[Na+].[Na+]. The van der Waals surface area contributed by atoms with Crippen molar-refractivity contribution >= 4 is 29.8 Å². The molecule has 12 nitrogen and oxygen atoms in total. The molecular formula is C34H37N3Na2O9. The zero-order valence-electron chi connectivity index (χ0n) is 28.0. The van der Waals surface area contributed by atoms with Gasteiger partial charge in [0.25, 0.3) is 0 Å². The molecule has 0 heterocycles. The van der Waals surface area contributed by atoms with Gasteiger partial charge in [0, 0.05) is 18.4 Å². The molecule has 0 aliphatic rings. The van der Waals surface area contributed by atoms with Crippen LogP contribution in [-0.4, -0.2) is 54.1 Å². The number of ether oxygens (including phenoxy) is 2. The average molecular weight is 678 g/mol. The summed E-state index contributed by atoms with van der Waals surface area (Å²) in [5.74, 6) is -4.71. The summed E-state index contributed by atoms with van der Waals surface area (Å²) in [6, 6.07) is 19.1. The fraction of sp³-hybridized carbons (Fsp3) is 0.324. The quantitative estimate of drug-likeness (QED) is 0.141. The second-order valence-electron chi connectivity index (χ2n) is 11.6. The molecule has 3 aromatic carbocycles. The van der Waals surface area contributed by atoms with Crippen molar-refractivity contribution in [1.82, 2.24) is 16.0 Å². The Morgan fingerprint density at radius 2 is 1.27 bits per heavy atom. The minimum absolute atomic E-state index is 0. The Bertz CT molecular complexity index is 1530. The van der Waals surface area contributed by atoms with Crippen LogP contribution in [0.2, 0.25) is 0 Å². The minimum Gasteiger partial charge on any atom is -0.546 e. The number of aliphatic carboxylic acids is 1. The molecule has 48 heavy (non-hydrogen) atoms. The second-order valence-corrected chi connectivity index (χ2v) is 11.6. The van der Waals surface area contributed by atoms with Crippen LogP contribution in [0.3, 0.4) is 0 Å². The summed E-state index contributed by atoms with van der Waals surface area (Å²) in [6.45, 7) is 5.94. The van der Waals surface area contributed by atoms with Gasteiger partial charge in [-0.1, -0.05) is 66.7 Å². The van der Waals surface area contributed by atoms with Crippen molar-refractivity contribution in [3.05, 3.63) is 101 Å². The van der Waals surface area contributed by atoms with Gasteiger partial charge in [0.1, 0.15) is 30.0 Å². The third kappa shape index (κ3) is 14.4. The number of alkyl carbamates (subject to hydrolysis) is 1. The van der Waals surface area contributed by atoms with Crippen LogP contribution in [0.4, 0.5) is 4.79 Å². The fourth-order valence-corrected chi connectivity index (χ4v) is 4.49. The number of benzene rings is 3. The van der Waals surface area contributed by atoms with E-state index in [0.717, 1.165) is 11.1 Å². The molecule has 0 aliphatic carbocycles. The normalized spacial score (nSPS) is 12.4. The molecule has 0 fully saturated rings. The summed E-state index contributed by atoms with van der Waals surface area (Å²) in [6.07, 6.45) is -0.919. The average Bonchev–Trinajstić information content (AvgIpc) is 2.99. The van der Waals surface area contributed by atoms with Gasteiger partial charge in [-0.15, -0.1) is 0 Å². The van der Waals surface area contributed by atoms with Crippen LogP contribution < -0.4 is 90.0 Å². The maximum atomic E-state index is 13.7. The van der Waals surface area contributed by atoms with E-state index in [4.69, 9.17) is 9.47 Å². The maximum Gasteiger partial charge on any atom is 1.00 e. The van der Waals surface area contributed by atoms with Crippen LogP contribution in [-0.2, 0) is 32.0 Å². The Hall–Kier alpha value is -3.39. The predicted octanol–water partition coefficient (Wildman–Crippen LogP) is -4.77. The Labute approximate surface area is 323 Å². The van der Waals surface area contributed by atoms with Crippen molar-refractivity contribution in [2.24, 2.45) is 0 Å². The molecule has 0 aromatic heterocycles. The van der Waals surface area contributed by atoms with Crippen molar-refractivity contribution < 1.29 is 103 Å². The number of nitrogens with one attached hydrogen (secondary N) is 3. The number of carboxylic acids is 2. The molecule has 0 radical (unpaired) electrons. The molecule has 3 N–H and O–H groups in total. The summed E-state index contributed by atoms with van der Waals surface area (Å²) in [7, 11) is 0. The fourth-order valence-electron chi connectivity index (χ4n) is 4.49. The van der Waals surface area contributed by atoms with E-state index in [1.165, 1.54) is 18.2 Å². The van der Waals surface area contributed by atoms with E-state index < -0.39 is 65.7 Å². The van der Waals surface area contributed by atoms with Crippen molar-refractivity contribution in [1.29, 1.82) is 0 Å². The molecule has 244 valence electrons. The van der Waals surface area contributed by atoms with Gasteiger partial charge < -0.3 is 45.2 Å². The molecule has 3 aromatic rings. The monoisotopic (exact) mass is 677 g/mol. The number of carboxylic acid groups (broad SMARTS) is 2. The predicted molar refractivity (Wildman–Crippen MR) is 163 cm³/mol. The molecule has 0 saturated heterocycles. The van der Waals surface area contributed by atoms with E-state index in [0.29, 0.717) is 5.56 Å². The second kappa shape index (κ2) is 20.2. The summed E-state index contributed by atoms with van der Waals surface area (Å²) < 4.78 is 10.4. The van der Waals surface area contributed by atoms with E-state index in [-0.39, 0.29) is 77.7 Å². The molecule has 3 amide bonds. The molecular weight excluding hydrogens is 640 g/mol. The van der Waals surface area contributed by atoms with Crippen LogP contribution in [0.1, 0.15) is 60.8 Å². The van der Waals surface area contributed by atoms with Gasteiger partial charge in [-0.2, -0.15) is 0 Å². The van der Waals surface area contributed by atoms with Gasteiger partial charge in [0.2, 0.25) is 11.8 Å². The van der Waals surface area contributed by atoms with Crippen LogP contribution >= 0.6 is 0 Å². The first-order chi connectivity index (χ1) is 21.7. The van der Waals surface area contributed by atoms with Crippen LogP contribution in [0, 0.1) is 0 Å². The first kappa shape index (κ1) is 42.6. The zero-order valence-corrected chi connectivity index (χ0v) is 32.0. The van der Waals surface area contributed by atoms with E-state index in [9.17, 15) is 34.2 Å². The van der Waals surface area contributed by atoms with Gasteiger partial charge in [-0.25, -0.2) is 4.79 Å². The number of hydrogen-bond donors (Lipinski definition) is 3. The third-order valence-corrected chi connectivity index (χ3v) is 6.63. The Kier molecular flexibility index (Phi) is 17.9. The number of amides is 3. The Morgan fingerprint density at radius 3 is 1.83 bits per heavy atom. The number of rotatable bonds is 14. The van der Waals surface area contributed by atoms with Crippen LogP contribution in [0.15, 0.2) is 78.9 Å². The van der Waals surface area contributed by atoms with Gasteiger partial charge in [0.05, 0.1) is 18.0 Å². The molecule has 0 bridgehead atoms. The standard InChI is InChI=1S/C34H39N3O9.2Na/c1-21(24-13-9-6-10-14-24)35-30(40)26(19-23-15-16-28(45-20-29(38)39)25(17-23)32(42)43)36-31(41)27(18-22-11-7-5-8-12-22)37-33(44)46-34(2,3)4;;/h5-17,21,26-27H,18-20H2,1-4H3,(H,35,40)(H,36,41)(H,37,44)(H,38,39)(H,42,43);;/q;2*+1/p-2. The van der Waals surface area contributed by atoms with E-state index >= 15 is 0 Å². The topological polar surface area (TPSA) is 186 Å². The number of carbonyl (C=O) groups excluding carboxylic acids is 5. The number of aromatic carboxylic acids is 1. The first-order valence-electron chi connectivity index (χ1n) is 14.6. The van der Waals surface area contributed by atoms with Gasteiger partial charge in [0.15, 0.2) is 0 Å². The molecule has 3 unspecified atom stereocenters. The smallest absolute Gasteiger partial charge is 0.546 e. The van der Waals surface area contributed by atoms with Crippen LogP contribution in [0.5, 0.6) is 5.75 Å². The summed E-state index contributed by atoms with van der Waals surface area (Å²) in [5, 5.41) is 30.8. The molecule has 0 aliphatic heterocycles. The van der Waals surface area contributed by atoms with Crippen molar-refractivity contribution in [2.75, 3.05) is 6.61 Å². The summed E-state index contributed by atoms with van der Waals surface area (Å²) in [4.78, 5) is 62.7. The van der Waals surface area contributed by atoms with Crippen molar-refractivity contribution in [2.45, 2.75) is 64.3 Å². The van der Waals surface area contributed by atoms with E-state index in [1.807, 2.05) is 36.4 Å². The van der Waals surface area contributed by atoms with Crippen LogP contribution in [0.25, 0.3) is 0 Å². The first-order valence-corrected chi connectivity index (χ1v) is 14.6. The Balaban J connectivity index is 0.00000576. The minimum atomic E-state index is -1.64. The number of carbonyl (C=O) groups is 5. The zero-order chi connectivity index (χ0) is 33.9. The number of hydrogen-bond acceptors (Lipinski definition) is 9. The van der Waals surface area contributed by atoms with Crippen molar-refractivity contribution in [3.63, 3.8) is 0 Å². The molecule has 3 atom stereocenters.